The molecule has 8 heteroatoms. The summed E-state index contributed by atoms with van der Waals surface area (Å²) in [6, 6.07) is 0. The van der Waals surface area contributed by atoms with Crippen LogP contribution in [0.25, 0.3) is 0 Å². The molecule has 1 aromatic rings. The van der Waals surface area contributed by atoms with Gasteiger partial charge in [0.25, 0.3) is 0 Å². The molecule has 1 aliphatic rings. The molecule has 0 saturated carbocycles. The van der Waals surface area contributed by atoms with Crippen LogP contribution in [0, 0.1) is 5.92 Å². The van der Waals surface area contributed by atoms with E-state index in [-0.39, 0.29) is 13.0 Å². The fourth-order valence-electron chi connectivity index (χ4n) is 2.19. The summed E-state index contributed by atoms with van der Waals surface area (Å²) in [4.78, 5) is 9.75. The average Bonchev–Trinajstić information content (AvgIpc) is 2.38. The predicted molar refractivity (Wildman–Crippen MR) is 70.3 cm³/mol. The lowest BCUT2D eigenvalue weighted by molar-refractivity contribution is -0.176. The highest BCUT2D eigenvalue weighted by Gasteiger charge is 2.42. The summed E-state index contributed by atoms with van der Waals surface area (Å²) in [5, 5.41) is 2.87. The number of alkyl halides is 3. The molecule has 0 aliphatic carbocycles. The maximum absolute atomic E-state index is 12.8. The molecule has 0 radical (unpaired) electrons. The third-order valence-electron chi connectivity index (χ3n) is 3.19. The summed E-state index contributed by atoms with van der Waals surface area (Å²) in [5.74, 6) is -0.214. The van der Waals surface area contributed by atoms with Gasteiger partial charge in [-0.1, -0.05) is 0 Å². The highest BCUT2D eigenvalue weighted by atomic mass is 79.9. The molecule has 1 fully saturated rings. The van der Waals surface area contributed by atoms with Crippen molar-refractivity contribution in [1.29, 1.82) is 0 Å². The Kier molecular flexibility index (Phi) is 4.17. The average molecular weight is 339 g/mol. The van der Waals surface area contributed by atoms with Crippen molar-refractivity contribution in [1.82, 2.24) is 9.97 Å². The van der Waals surface area contributed by atoms with Crippen molar-refractivity contribution in [3.05, 3.63) is 10.8 Å². The smallest absolute Gasteiger partial charge is 0.372 e. The molecule has 19 heavy (non-hydrogen) atoms. The second-order valence-electron chi connectivity index (χ2n) is 4.44. The lowest BCUT2D eigenvalue weighted by Crippen LogP contribution is -2.42. The van der Waals surface area contributed by atoms with Crippen molar-refractivity contribution < 1.29 is 13.2 Å². The van der Waals surface area contributed by atoms with Crippen LogP contribution in [0.3, 0.4) is 0 Å². The Morgan fingerprint density at radius 2 is 2.16 bits per heavy atom. The SMILES string of the molecule is CNc1ncnc(N2CCCC(C(F)(F)F)C2)c1Br. The number of hydrogen-bond acceptors (Lipinski definition) is 4. The van der Waals surface area contributed by atoms with Gasteiger partial charge >= 0.3 is 6.18 Å². The second kappa shape index (κ2) is 5.52. The summed E-state index contributed by atoms with van der Waals surface area (Å²) in [6.07, 6.45) is -2.11. The Morgan fingerprint density at radius 1 is 1.42 bits per heavy atom. The van der Waals surface area contributed by atoms with Crippen molar-refractivity contribution in [3.8, 4) is 0 Å². The molecule has 0 amide bonds. The van der Waals surface area contributed by atoms with E-state index in [0.717, 1.165) is 0 Å². The van der Waals surface area contributed by atoms with Crippen molar-refractivity contribution in [2.24, 2.45) is 5.92 Å². The van der Waals surface area contributed by atoms with Crippen molar-refractivity contribution in [2.75, 3.05) is 30.4 Å². The van der Waals surface area contributed by atoms with Crippen LogP contribution in [0.5, 0.6) is 0 Å². The Balaban J connectivity index is 2.22. The summed E-state index contributed by atoms with van der Waals surface area (Å²) < 4.78 is 39.0. The zero-order valence-corrected chi connectivity index (χ0v) is 11.9. The molecule has 1 unspecified atom stereocenters. The largest absolute Gasteiger partial charge is 0.393 e. The Morgan fingerprint density at radius 3 is 2.79 bits per heavy atom. The molecule has 1 N–H and O–H groups in total. The van der Waals surface area contributed by atoms with Crippen LogP contribution >= 0.6 is 15.9 Å². The number of halogens is 4. The van der Waals surface area contributed by atoms with Gasteiger partial charge in [-0.05, 0) is 28.8 Å². The first-order chi connectivity index (χ1) is 8.93. The number of piperidine rings is 1. The summed E-state index contributed by atoms with van der Waals surface area (Å²) >= 11 is 3.34. The van der Waals surface area contributed by atoms with Crippen LogP contribution in [0.2, 0.25) is 0 Å². The second-order valence-corrected chi connectivity index (χ2v) is 5.23. The minimum atomic E-state index is -4.15. The molecule has 2 rings (SSSR count). The van der Waals surface area contributed by atoms with Crippen LogP contribution in [0.1, 0.15) is 12.8 Å². The molecule has 1 aliphatic heterocycles. The fourth-order valence-corrected chi connectivity index (χ4v) is 2.85. The maximum atomic E-state index is 12.8. The van der Waals surface area contributed by atoms with E-state index in [0.29, 0.717) is 29.1 Å². The van der Waals surface area contributed by atoms with Gasteiger partial charge in [-0.3, -0.25) is 0 Å². The summed E-state index contributed by atoms with van der Waals surface area (Å²) in [7, 11) is 1.70. The molecular formula is C11H14BrF3N4. The standard InChI is InChI=1S/C11H14BrF3N4/c1-16-9-8(12)10(18-6-17-9)19-4-2-3-7(5-19)11(13,14)15/h6-7H,2-5H2,1H3,(H,16,17,18). The van der Waals surface area contributed by atoms with Gasteiger partial charge in [0, 0.05) is 20.1 Å². The first kappa shape index (κ1) is 14.4. The molecule has 0 aromatic carbocycles. The molecule has 1 saturated heterocycles. The normalized spacial score (nSPS) is 20.5. The zero-order chi connectivity index (χ0) is 14.0. The van der Waals surface area contributed by atoms with E-state index in [4.69, 9.17) is 0 Å². The molecule has 0 bridgehead atoms. The van der Waals surface area contributed by atoms with Crippen LogP contribution in [-0.2, 0) is 0 Å². The van der Waals surface area contributed by atoms with E-state index in [1.807, 2.05) is 0 Å². The number of nitrogens with zero attached hydrogens (tertiary/aromatic N) is 3. The van der Waals surface area contributed by atoms with E-state index in [1.165, 1.54) is 6.33 Å². The molecular weight excluding hydrogens is 325 g/mol. The molecule has 1 atom stereocenters. The van der Waals surface area contributed by atoms with Crippen molar-refractivity contribution in [3.63, 3.8) is 0 Å². The van der Waals surface area contributed by atoms with Crippen molar-refractivity contribution >= 4 is 27.6 Å². The maximum Gasteiger partial charge on any atom is 0.393 e. The summed E-state index contributed by atoms with van der Waals surface area (Å²) in [5.41, 5.74) is 0. The topological polar surface area (TPSA) is 41.1 Å². The number of nitrogens with one attached hydrogen (secondary N) is 1. The van der Waals surface area contributed by atoms with E-state index >= 15 is 0 Å². The Bertz CT molecular complexity index is 452. The minimum absolute atomic E-state index is 0.0533. The minimum Gasteiger partial charge on any atom is -0.372 e. The van der Waals surface area contributed by atoms with E-state index < -0.39 is 12.1 Å². The predicted octanol–water partition coefficient (Wildman–Crippen LogP) is 3.06. The Labute approximate surface area is 117 Å². The quantitative estimate of drug-likeness (QED) is 0.899. The number of rotatable bonds is 2. The van der Waals surface area contributed by atoms with Crippen molar-refractivity contribution in [2.45, 2.75) is 19.0 Å². The van der Waals surface area contributed by atoms with Crippen LogP contribution in [0.15, 0.2) is 10.8 Å². The van der Waals surface area contributed by atoms with E-state index in [2.05, 4.69) is 31.2 Å². The number of anilines is 2. The van der Waals surface area contributed by atoms with E-state index in [9.17, 15) is 13.2 Å². The lowest BCUT2D eigenvalue weighted by Gasteiger charge is -2.35. The van der Waals surface area contributed by atoms with E-state index in [1.54, 1.807) is 11.9 Å². The monoisotopic (exact) mass is 338 g/mol. The summed E-state index contributed by atoms with van der Waals surface area (Å²) in [6.45, 7) is 0.521. The lowest BCUT2D eigenvalue weighted by atomic mass is 9.97. The number of hydrogen-bond donors (Lipinski definition) is 1. The third kappa shape index (κ3) is 3.10. The van der Waals surface area contributed by atoms with Crippen LogP contribution < -0.4 is 10.2 Å². The fraction of sp³-hybridized carbons (Fsp3) is 0.636. The van der Waals surface area contributed by atoms with Gasteiger partial charge in [0.05, 0.1) is 5.92 Å². The zero-order valence-electron chi connectivity index (χ0n) is 10.3. The highest BCUT2D eigenvalue weighted by Crippen LogP contribution is 2.37. The van der Waals surface area contributed by atoms with Gasteiger partial charge in [-0.25, -0.2) is 9.97 Å². The molecule has 2 heterocycles. The first-order valence-electron chi connectivity index (χ1n) is 5.93. The Hall–Kier alpha value is -1.05. The highest BCUT2D eigenvalue weighted by molar-refractivity contribution is 9.10. The van der Waals surface area contributed by atoms with Gasteiger partial charge in [0.2, 0.25) is 0 Å². The number of aromatic nitrogens is 2. The molecule has 4 nitrogen and oxygen atoms in total. The van der Waals surface area contributed by atoms with Crippen LogP contribution in [-0.4, -0.2) is 36.3 Å². The van der Waals surface area contributed by atoms with Gasteiger partial charge in [-0.15, -0.1) is 0 Å². The van der Waals surface area contributed by atoms with Gasteiger partial charge in [-0.2, -0.15) is 13.2 Å². The van der Waals surface area contributed by atoms with Gasteiger partial charge < -0.3 is 10.2 Å². The molecule has 0 spiro atoms. The molecule has 106 valence electrons. The van der Waals surface area contributed by atoms with Gasteiger partial charge in [0.1, 0.15) is 22.4 Å². The third-order valence-corrected chi connectivity index (χ3v) is 3.92. The first-order valence-corrected chi connectivity index (χ1v) is 6.72. The molecule has 1 aromatic heterocycles. The van der Waals surface area contributed by atoms with Gasteiger partial charge in [0.15, 0.2) is 0 Å². The van der Waals surface area contributed by atoms with Crippen LogP contribution in [0.4, 0.5) is 24.8 Å².